The smallest absolute Gasteiger partial charge is 0.154 e. The Morgan fingerprint density at radius 2 is 2.27 bits per heavy atom. The van der Waals surface area contributed by atoms with Crippen LogP contribution in [-0.2, 0) is 0 Å². The first-order valence-corrected chi connectivity index (χ1v) is 4.55. The summed E-state index contributed by atoms with van der Waals surface area (Å²) < 4.78 is 14.2. The Morgan fingerprint density at radius 1 is 1.47 bits per heavy atom. The van der Waals surface area contributed by atoms with Gasteiger partial charge in [0.05, 0.1) is 17.4 Å². The van der Waals surface area contributed by atoms with Crippen molar-refractivity contribution in [3.63, 3.8) is 0 Å². The van der Waals surface area contributed by atoms with E-state index in [0.717, 1.165) is 0 Å². The van der Waals surface area contributed by atoms with Gasteiger partial charge in [0.1, 0.15) is 11.0 Å². The van der Waals surface area contributed by atoms with Crippen LogP contribution in [0, 0.1) is 5.82 Å². The van der Waals surface area contributed by atoms with Crippen molar-refractivity contribution in [1.29, 1.82) is 0 Å². The van der Waals surface area contributed by atoms with Gasteiger partial charge in [-0.05, 0) is 18.2 Å². The van der Waals surface area contributed by atoms with Gasteiger partial charge in [-0.2, -0.15) is 5.10 Å². The lowest BCUT2D eigenvalue weighted by atomic mass is 10.3. The van der Waals surface area contributed by atoms with Crippen molar-refractivity contribution in [1.82, 2.24) is 9.78 Å². The van der Waals surface area contributed by atoms with E-state index in [2.05, 4.69) is 5.10 Å². The summed E-state index contributed by atoms with van der Waals surface area (Å²) in [5.74, 6) is -0.383. The second-order valence-corrected chi connectivity index (χ2v) is 3.26. The third-order valence-corrected chi connectivity index (χ3v) is 2.29. The molecule has 5 heteroatoms. The predicted molar refractivity (Wildman–Crippen MR) is 53.9 cm³/mol. The lowest BCUT2D eigenvalue weighted by Gasteiger charge is -2.02. The van der Waals surface area contributed by atoms with Crippen molar-refractivity contribution in [3.05, 3.63) is 47.0 Å². The fraction of sp³-hybridized carbons (Fsp3) is 0. The van der Waals surface area contributed by atoms with Crippen molar-refractivity contribution in [3.8, 4) is 5.69 Å². The molecule has 1 aromatic carbocycles. The summed E-state index contributed by atoms with van der Waals surface area (Å²) in [6.45, 7) is 0. The summed E-state index contributed by atoms with van der Waals surface area (Å²) in [6, 6.07) is 5.80. The summed E-state index contributed by atoms with van der Waals surface area (Å²) in [4.78, 5) is 10.5. The first kappa shape index (κ1) is 9.86. The molecule has 0 N–H and O–H groups in total. The minimum Gasteiger partial charge on any atom is -0.298 e. The highest BCUT2D eigenvalue weighted by molar-refractivity contribution is 6.32. The average molecular weight is 225 g/mol. The zero-order chi connectivity index (χ0) is 10.8. The number of halogens is 2. The molecule has 0 bridgehead atoms. The van der Waals surface area contributed by atoms with Crippen LogP contribution < -0.4 is 0 Å². The molecule has 0 radical (unpaired) electrons. The maximum atomic E-state index is 12.9. The molecule has 0 aliphatic rings. The SMILES string of the molecule is O=Cc1cnn(-c2cccc(F)c2)c1Cl. The standard InChI is InChI=1S/C10H6ClFN2O/c11-10-7(6-15)5-13-14(10)9-3-1-2-8(12)4-9/h1-6H. The zero-order valence-corrected chi connectivity index (χ0v) is 8.28. The van der Waals surface area contributed by atoms with Crippen LogP contribution in [0.5, 0.6) is 0 Å². The maximum Gasteiger partial charge on any atom is 0.154 e. The second-order valence-electron chi connectivity index (χ2n) is 2.90. The number of carbonyl (C=O) groups is 1. The normalized spacial score (nSPS) is 10.3. The lowest BCUT2D eigenvalue weighted by molar-refractivity contribution is 0.112. The van der Waals surface area contributed by atoms with Gasteiger partial charge < -0.3 is 0 Å². The molecule has 1 heterocycles. The van der Waals surface area contributed by atoms with E-state index in [-0.39, 0.29) is 16.5 Å². The summed E-state index contributed by atoms with van der Waals surface area (Å²) in [7, 11) is 0. The molecule has 0 aliphatic carbocycles. The predicted octanol–water partition coefficient (Wildman–Crippen LogP) is 2.48. The highest BCUT2D eigenvalue weighted by atomic mass is 35.5. The number of nitrogens with zero attached hydrogens (tertiary/aromatic N) is 2. The Balaban J connectivity index is 2.54. The van der Waals surface area contributed by atoms with Crippen molar-refractivity contribution in [2.75, 3.05) is 0 Å². The highest BCUT2D eigenvalue weighted by Gasteiger charge is 2.09. The van der Waals surface area contributed by atoms with Crippen LogP contribution in [0.1, 0.15) is 10.4 Å². The summed E-state index contributed by atoms with van der Waals surface area (Å²) in [5.41, 5.74) is 0.758. The van der Waals surface area contributed by atoms with E-state index in [9.17, 15) is 9.18 Å². The number of hydrogen-bond donors (Lipinski definition) is 0. The van der Waals surface area contributed by atoms with Crippen LogP contribution in [0.2, 0.25) is 5.15 Å². The quantitative estimate of drug-likeness (QED) is 0.735. The van der Waals surface area contributed by atoms with Gasteiger partial charge >= 0.3 is 0 Å². The van der Waals surface area contributed by atoms with Gasteiger partial charge in [0.2, 0.25) is 0 Å². The average Bonchev–Trinajstić information content (AvgIpc) is 2.59. The van der Waals surface area contributed by atoms with Gasteiger partial charge in [-0.15, -0.1) is 0 Å². The third kappa shape index (κ3) is 1.76. The van der Waals surface area contributed by atoms with Gasteiger partial charge in [-0.25, -0.2) is 9.07 Å². The zero-order valence-electron chi connectivity index (χ0n) is 7.52. The van der Waals surface area contributed by atoms with Crippen LogP contribution in [0.25, 0.3) is 5.69 Å². The third-order valence-electron chi connectivity index (χ3n) is 1.92. The minimum absolute atomic E-state index is 0.176. The van der Waals surface area contributed by atoms with E-state index in [0.29, 0.717) is 12.0 Å². The highest BCUT2D eigenvalue weighted by Crippen LogP contribution is 2.19. The largest absolute Gasteiger partial charge is 0.298 e. The molecular weight excluding hydrogens is 219 g/mol. The summed E-state index contributed by atoms with van der Waals surface area (Å²) in [5, 5.41) is 4.06. The van der Waals surface area contributed by atoms with Crippen LogP contribution in [0.3, 0.4) is 0 Å². The monoisotopic (exact) mass is 224 g/mol. The molecule has 0 spiro atoms. The van der Waals surface area contributed by atoms with E-state index in [4.69, 9.17) is 11.6 Å². The Labute approximate surface area is 90.1 Å². The molecule has 3 nitrogen and oxygen atoms in total. The van der Waals surface area contributed by atoms with Crippen molar-refractivity contribution < 1.29 is 9.18 Å². The molecule has 1 aromatic heterocycles. The van der Waals surface area contributed by atoms with E-state index in [1.165, 1.54) is 23.0 Å². The first-order valence-electron chi connectivity index (χ1n) is 4.17. The lowest BCUT2D eigenvalue weighted by Crippen LogP contribution is -1.96. The number of benzene rings is 1. The number of aldehydes is 1. The fourth-order valence-corrected chi connectivity index (χ4v) is 1.45. The van der Waals surface area contributed by atoms with E-state index in [1.54, 1.807) is 12.1 Å². The van der Waals surface area contributed by atoms with Gasteiger partial charge in [0.25, 0.3) is 0 Å². The van der Waals surface area contributed by atoms with Gasteiger partial charge in [0, 0.05) is 0 Å². The second kappa shape index (κ2) is 3.82. The molecule has 76 valence electrons. The van der Waals surface area contributed by atoms with E-state index >= 15 is 0 Å². The van der Waals surface area contributed by atoms with Crippen molar-refractivity contribution in [2.45, 2.75) is 0 Å². The topological polar surface area (TPSA) is 34.9 Å². The van der Waals surface area contributed by atoms with Crippen LogP contribution in [0.4, 0.5) is 4.39 Å². The van der Waals surface area contributed by atoms with E-state index in [1.807, 2.05) is 0 Å². The Hall–Kier alpha value is -1.68. The Bertz CT molecular complexity index is 510. The van der Waals surface area contributed by atoms with Gasteiger partial charge in [-0.3, -0.25) is 4.79 Å². The molecular formula is C10H6ClFN2O. The Kier molecular flexibility index (Phi) is 2.51. The number of hydrogen-bond acceptors (Lipinski definition) is 2. The van der Waals surface area contributed by atoms with Crippen LogP contribution in [0.15, 0.2) is 30.5 Å². The van der Waals surface area contributed by atoms with E-state index < -0.39 is 0 Å². The molecule has 2 aromatic rings. The number of rotatable bonds is 2. The van der Waals surface area contributed by atoms with Crippen molar-refractivity contribution >= 4 is 17.9 Å². The summed E-state index contributed by atoms with van der Waals surface area (Å²) in [6.07, 6.45) is 1.94. The molecule has 0 aliphatic heterocycles. The molecule has 15 heavy (non-hydrogen) atoms. The molecule has 2 rings (SSSR count). The molecule has 0 atom stereocenters. The number of aromatic nitrogens is 2. The van der Waals surface area contributed by atoms with Crippen LogP contribution >= 0.6 is 11.6 Å². The summed E-state index contributed by atoms with van der Waals surface area (Å²) >= 11 is 5.86. The maximum absolute atomic E-state index is 12.9. The van der Waals surface area contributed by atoms with Gasteiger partial charge in [-0.1, -0.05) is 17.7 Å². The molecule has 0 unspecified atom stereocenters. The van der Waals surface area contributed by atoms with Crippen molar-refractivity contribution in [2.24, 2.45) is 0 Å². The van der Waals surface area contributed by atoms with Crippen LogP contribution in [-0.4, -0.2) is 16.1 Å². The number of carbonyl (C=O) groups excluding carboxylic acids is 1. The molecule has 0 fully saturated rings. The molecule has 0 saturated carbocycles. The molecule has 0 saturated heterocycles. The van der Waals surface area contributed by atoms with Gasteiger partial charge in [0.15, 0.2) is 6.29 Å². The molecule has 0 amide bonds. The minimum atomic E-state index is -0.383. The fourth-order valence-electron chi connectivity index (χ4n) is 1.21. The first-order chi connectivity index (χ1) is 7.22. The Morgan fingerprint density at radius 3 is 2.87 bits per heavy atom.